The van der Waals surface area contributed by atoms with Gasteiger partial charge in [-0.25, -0.2) is 12.8 Å². The highest BCUT2D eigenvalue weighted by Gasteiger charge is 2.18. The summed E-state index contributed by atoms with van der Waals surface area (Å²) in [5.41, 5.74) is 1.11. The van der Waals surface area contributed by atoms with Gasteiger partial charge >= 0.3 is 0 Å². The molecular weight excluding hydrogens is 395 g/mol. The molecule has 1 amide bonds. The van der Waals surface area contributed by atoms with E-state index in [0.717, 1.165) is 19.1 Å². The number of nitrogens with zero attached hydrogens (tertiary/aromatic N) is 1. The molecule has 0 bridgehead atoms. The molecule has 0 radical (unpaired) electrons. The summed E-state index contributed by atoms with van der Waals surface area (Å²) in [6.45, 7) is 3.96. The van der Waals surface area contributed by atoms with Crippen LogP contribution in [0, 0.1) is 5.82 Å². The summed E-state index contributed by atoms with van der Waals surface area (Å²) in [6.07, 6.45) is 3.00. The Balaban J connectivity index is 2.03. The minimum Gasteiger partial charge on any atom is -0.484 e. The van der Waals surface area contributed by atoms with Crippen molar-refractivity contribution in [2.45, 2.75) is 39.3 Å². The first-order chi connectivity index (χ1) is 13.7. The van der Waals surface area contributed by atoms with E-state index in [2.05, 4.69) is 12.2 Å². The fraction of sp³-hybridized carbons (Fsp3) is 0.381. The first kappa shape index (κ1) is 22.7. The van der Waals surface area contributed by atoms with Gasteiger partial charge in [0.1, 0.15) is 11.6 Å². The molecule has 2 rings (SSSR count). The first-order valence-electron chi connectivity index (χ1n) is 9.43. The first-order valence-corrected chi connectivity index (χ1v) is 11.3. The highest BCUT2D eigenvalue weighted by atomic mass is 32.2. The average molecular weight is 423 g/mol. The number of carbonyl (C=O) groups is 1. The normalized spacial score (nSPS) is 12.3. The van der Waals surface area contributed by atoms with Crippen LogP contribution in [0.3, 0.4) is 0 Å². The monoisotopic (exact) mass is 422 g/mol. The molecule has 0 aliphatic heterocycles. The van der Waals surface area contributed by atoms with Gasteiger partial charge in [0.25, 0.3) is 5.91 Å². The maximum Gasteiger partial charge on any atom is 0.258 e. The summed E-state index contributed by atoms with van der Waals surface area (Å²) in [5, 5.41) is 2.85. The molecule has 158 valence electrons. The summed E-state index contributed by atoms with van der Waals surface area (Å²) in [6, 6.07) is 12.2. The summed E-state index contributed by atoms with van der Waals surface area (Å²) in [7, 11) is -3.55. The number of nitrogens with one attached hydrogen (secondary N) is 1. The Morgan fingerprint density at radius 1 is 1.14 bits per heavy atom. The van der Waals surface area contributed by atoms with Gasteiger partial charge < -0.3 is 10.1 Å². The van der Waals surface area contributed by atoms with Gasteiger partial charge in [-0.1, -0.05) is 25.5 Å². The summed E-state index contributed by atoms with van der Waals surface area (Å²) >= 11 is 0. The summed E-state index contributed by atoms with van der Waals surface area (Å²) < 4.78 is 44.2. The zero-order valence-electron chi connectivity index (χ0n) is 16.9. The third-order valence-corrected chi connectivity index (χ3v) is 5.40. The molecule has 0 heterocycles. The van der Waals surface area contributed by atoms with Gasteiger partial charge in [0, 0.05) is 6.04 Å². The Morgan fingerprint density at radius 2 is 1.76 bits per heavy atom. The van der Waals surface area contributed by atoms with Gasteiger partial charge in [-0.15, -0.1) is 0 Å². The van der Waals surface area contributed by atoms with Crippen molar-refractivity contribution in [1.82, 2.24) is 5.32 Å². The lowest BCUT2D eigenvalue weighted by molar-refractivity contribution is -0.123. The quantitative estimate of drug-likeness (QED) is 0.636. The predicted octanol–water partition coefficient (Wildman–Crippen LogP) is 3.48. The van der Waals surface area contributed by atoms with E-state index in [9.17, 15) is 17.6 Å². The topological polar surface area (TPSA) is 75.7 Å². The van der Waals surface area contributed by atoms with Crippen molar-refractivity contribution in [2.75, 3.05) is 17.2 Å². The fourth-order valence-corrected chi connectivity index (χ4v) is 3.72. The van der Waals surface area contributed by atoms with E-state index in [1.54, 1.807) is 36.4 Å². The van der Waals surface area contributed by atoms with E-state index in [1.807, 2.05) is 6.92 Å². The Morgan fingerprint density at radius 3 is 2.31 bits per heavy atom. The van der Waals surface area contributed by atoms with Crippen LogP contribution < -0.4 is 14.4 Å². The minimum absolute atomic E-state index is 0.0804. The zero-order valence-corrected chi connectivity index (χ0v) is 17.7. The van der Waals surface area contributed by atoms with Crippen molar-refractivity contribution in [3.05, 3.63) is 59.9 Å². The third kappa shape index (κ3) is 7.38. The average Bonchev–Trinajstić information content (AvgIpc) is 2.65. The highest BCUT2D eigenvalue weighted by molar-refractivity contribution is 7.92. The van der Waals surface area contributed by atoms with Crippen molar-refractivity contribution >= 4 is 21.6 Å². The van der Waals surface area contributed by atoms with Crippen LogP contribution in [-0.4, -0.2) is 33.2 Å². The molecule has 29 heavy (non-hydrogen) atoms. The molecule has 1 unspecified atom stereocenters. The predicted molar refractivity (Wildman–Crippen MR) is 112 cm³/mol. The number of carbonyl (C=O) groups excluding carboxylic acids is 1. The fourth-order valence-electron chi connectivity index (χ4n) is 2.83. The largest absolute Gasteiger partial charge is 0.484 e. The van der Waals surface area contributed by atoms with Gasteiger partial charge in [-0.05, 0) is 55.3 Å². The van der Waals surface area contributed by atoms with Crippen LogP contribution in [0.2, 0.25) is 0 Å². The van der Waals surface area contributed by atoms with Crippen LogP contribution in [0.1, 0.15) is 32.3 Å². The van der Waals surface area contributed by atoms with Crippen LogP contribution in [0.25, 0.3) is 0 Å². The van der Waals surface area contributed by atoms with Gasteiger partial charge in [0.05, 0.1) is 18.5 Å². The maximum atomic E-state index is 13.1. The molecule has 0 spiro atoms. The smallest absolute Gasteiger partial charge is 0.258 e. The zero-order chi connectivity index (χ0) is 21.4. The summed E-state index contributed by atoms with van der Waals surface area (Å²) in [5.74, 6) is -0.124. The van der Waals surface area contributed by atoms with E-state index < -0.39 is 10.0 Å². The van der Waals surface area contributed by atoms with E-state index in [1.165, 1.54) is 16.4 Å². The van der Waals surface area contributed by atoms with Crippen LogP contribution >= 0.6 is 0 Å². The Bertz CT molecular complexity index is 899. The van der Waals surface area contributed by atoms with Crippen LogP contribution in [-0.2, 0) is 21.4 Å². The number of sulfonamides is 1. The molecule has 0 saturated carbocycles. The number of hydrogen-bond donors (Lipinski definition) is 1. The van der Waals surface area contributed by atoms with Gasteiger partial charge in [0.2, 0.25) is 10.0 Å². The number of ether oxygens (including phenoxy) is 1. The van der Waals surface area contributed by atoms with E-state index in [4.69, 9.17) is 4.74 Å². The molecule has 0 fully saturated rings. The van der Waals surface area contributed by atoms with Crippen molar-refractivity contribution in [1.29, 1.82) is 0 Å². The van der Waals surface area contributed by atoms with E-state index >= 15 is 0 Å². The molecule has 0 aromatic heterocycles. The van der Waals surface area contributed by atoms with Gasteiger partial charge in [-0.3, -0.25) is 9.10 Å². The van der Waals surface area contributed by atoms with Gasteiger partial charge in [-0.2, -0.15) is 0 Å². The van der Waals surface area contributed by atoms with Crippen LogP contribution in [0.5, 0.6) is 5.75 Å². The Hall–Kier alpha value is -2.61. The Labute approximate surface area is 171 Å². The maximum absolute atomic E-state index is 13.1. The lowest BCUT2D eigenvalue weighted by atomic mass is 10.2. The van der Waals surface area contributed by atoms with E-state index in [-0.39, 0.29) is 30.9 Å². The van der Waals surface area contributed by atoms with Crippen molar-refractivity contribution in [2.24, 2.45) is 0 Å². The van der Waals surface area contributed by atoms with Crippen molar-refractivity contribution in [3.63, 3.8) is 0 Å². The van der Waals surface area contributed by atoms with Crippen molar-refractivity contribution in [3.8, 4) is 5.75 Å². The molecule has 0 saturated heterocycles. The molecule has 2 aromatic rings. The van der Waals surface area contributed by atoms with E-state index in [0.29, 0.717) is 17.0 Å². The van der Waals surface area contributed by atoms with Gasteiger partial charge in [0.15, 0.2) is 6.61 Å². The molecule has 0 aliphatic carbocycles. The minimum atomic E-state index is -3.55. The lowest BCUT2D eigenvalue weighted by Gasteiger charge is -2.23. The molecule has 1 N–H and O–H groups in total. The third-order valence-electron chi connectivity index (χ3n) is 4.26. The number of halogens is 1. The molecule has 1 atom stereocenters. The number of benzene rings is 2. The molecule has 6 nitrogen and oxygen atoms in total. The van der Waals surface area contributed by atoms with Crippen LogP contribution in [0.4, 0.5) is 10.1 Å². The second-order valence-corrected chi connectivity index (χ2v) is 8.84. The molecule has 0 aliphatic rings. The summed E-state index contributed by atoms with van der Waals surface area (Å²) in [4.78, 5) is 11.9. The molecule has 2 aromatic carbocycles. The van der Waals surface area contributed by atoms with Crippen molar-refractivity contribution < 1.29 is 22.3 Å². The highest BCUT2D eigenvalue weighted by Crippen LogP contribution is 2.24. The number of amides is 1. The molecule has 8 heteroatoms. The second kappa shape index (κ2) is 10.2. The lowest BCUT2D eigenvalue weighted by Crippen LogP contribution is -2.35. The number of anilines is 1. The SMILES string of the molecule is CCCC(C)NC(=O)COc1ccc(N(Cc2ccc(F)cc2)S(C)(=O)=O)cc1. The Kier molecular flexibility index (Phi) is 8.01. The second-order valence-electron chi connectivity index (χ2n) is 6.94. The van der Waals surface area contributed by atoms with Crippen LogP contribution in [0.15, 0.2) is 48.5 Å². The number of hydrogen-bond acceptors (Lipinski definition) is 4. The number of rotatable bonds is 10. The standard InChI is InChI=1S/C21H27FN2O4S/c1-4-5-16(2)23-21(25)15-28-20-12-10-19(11-13-20)24(29(3,26)27)14-17-6-8-18(22)9-7-17/h6-13,16H,4-5,14-15H2,1-3H3,(H,23,25). The molecular formula is C21H27FN2O4S.